The summed E-state index contributed by atoms with van der Waals surface area (Å²) in [7, 11) is 0. The molecule has 1 aromatic heterocycles. The zero-order valence-corrected chi connectivity index (χ0v) is 18.0. The Hall–Kier alpha value is -2.68. The molecule has 0 unspecified atom stereocenters. The summed E-state index contributed by atoms with van der Waals surface area (Å²) in [6.07, 6.45) is 1.61. The second-order valence-corrected chi connectivity index (χ2v) is 7.78. The van der Waals surface area contributed by atoms with E-state index in [4.69, 9.17) is 18.0 Å². The standard InChI is InChI=1S/C20H28FN5O2S/c1-5-6-9-25(20(29)23-14-8-7-13(4)15(21)10-14)16-17(22)26(11-12(2)3)19(28)24-18(16)27/h7-8,10,12H,5-6,9,11,22H2,1-4H3,(H,23,29)(H,24,27,28). The molecule has 0 fully saturated rings. The first-order valence-electron chi connectivity index (χ1n) is 9.63. The molecule has 1 aromatic carbocycles. The Balaban J connectivity index is 2.48. The summed E-state index contributed by atoms with van der Waals surface area (Å²) < 4.78 is 15.2. The van der Waals surface area contributed by atoms with Crippen molar-refractivity contribution in [2.45, 2.75) is 47.1 Å². The Morgan fingerprint density at radius 2 is 2.07 bits per heavy atom. The molecule has 2 rings (SSSR count). The molecule has 2 aromatic rings. The van der Waals surface area contributed by atoms with E-state index in [9.17, 15) is 14.0 Å². The van der Waals surface area contributed by atoms with Crippen molar-refractivity contribution in [2.75, 3.05) is 22.5 Å². The lowest BCUT2D eigenvalue weighted by Crippen LogP contribution is -2.43. The van der Waals surface area contributed by atoms with Gasteiger partial charge in [-0.2, -0.15) is 0 Å². The zero-order valence-electron chi connectivity index (χ0n) is 17.2. The first-order chi connectivity index (χ1) is 13.6. The Kier molecular flexibility index (Phi) is 7.55. The summed E-state index contributed by atoms with van der Waals surface area (Å²) in [6, 6.07) is 4.68. The number of aromatic nitrogens is 2. The van der Waals surface area contributed by atoms with Gasteiger partial charge in [0.15, 0.2) is 10.8 Å². The van der Waals surface area contributed by atoms with Crippen molar-refractivity contribution in [2.24, 2.45) is 5.92 Å². The van der Waals surface area contributed by atoms with Crippen LogP contribution in [0.2, 0.25) is 0 Å². The first-order valence-corrected chi connectivity index (χ1v) is 10.0. The van der Waals surface area contributed by atoms with E-state index in [1.54, 1.807) is 24.0 Å². The number of rotatable bonds is 7. The number of nitrogens with one attached hydrogen (secondary N) is 2. The number of halogens is 1. The number of thiocarbonyl (C=S) groups is 1. The molecule has 7 nitrogen and oxygen atoms in total. The van der Waals surface area contributed by atoms with Gasteiger partial charge in [-0.25, -0.2) is 9.18 Å². The molecule has 0 aliphatic heterocycles. The highest BCUT2D eigenvalue weighted by atomic mass is 32.1. The van der Waals surface area contributed by atoms with Crippen LogP contribution in [-0.4, -0.2) is 21.2 Å². The minimum atomic E-state index is -0.608. The molecular formula is C20H28FN5O2S. The zero-order chi connectivity index (χ0) is 21.7. The van der Waals surface area contributed by atoms with Gasteiger partial charge < -0.3 is 16.0 Å². The highest BCUT2D eigenvalue weighted by molar-refractivity contribution is 7.80. The van der Waals surface area contributed by atoms with Gasteiger partial charge in [0.2, 0.25) is 0 Å². The quantitative estimate of drug-likeness (QED) is 0.594. The van der Waals surface area contributed by atoms with Gasteiger partial charge in [0.05, 0.1) is 0 Å². The SMILES string of the molecule is CCCCN(C(=S)Nc1ccc(C)c(F)c1)c1c(N)n(CC(C)C)c(=O)[nH]c1=O. The van der Waals surface area contributed by atoms with Crippen LogP contribution in [0.5, 0.6) is 0 Å². The van der Waals surface area contributed by atoms with E-state index in [2.05, 4.69) is 10.3 Å². The highest BCUT2D eigenvalue weighted by Gasteiger charge is 2.22. The third kappa shape index (κ3) is 5.44. The second kappa shape index (κ2) is 9.69. The number of aryl methyl sites for hydroxylation is 1. The van der Waals surface area contributed by atoms with Crippen molar-refractivity contribution < 1.29 is 4.39 Å². The van der Waals surface area contributed by atoms with Crippen LogP contribution in [0.25, 0.3) is 0 Å². The molecule has 29 heavy (non-hydrogen) atoms. The number of benzene rings is 1. The second-order valence-electron chi connectivity index (χ2n) is 7.40. The lowest BCUT2D eigenvalue weighted by molar-refractivity contribution is 0.507. The van der Waals surface area contributed by atoms with Crippen molar-refractivity contribution >= 4 is 34.5 Å². The number of nitrogens with two attached hydrogens (primary N) is 1. The minimum absolute atomic E-state index is 0.0581. The maximum Gasteiger partial charge on any atom is 0.330 e. The Morgan fingerprint density at radius 3 is 2.66 bits per heavy atom. The van der Waals surface area contributed by atoms with E-state index in [1.807, 2.05) is 20.8 Å². The Morgan fingerprint density at radius 1 is 1.38 bits per heavy atom. The number of H-pyrrole nitrogens is 1. The number of hydrogen-bond donors (Lipinski definition) is 3. The van der Waals surface area contributed by atoms with Gasteiger partial charge in [0, 0.05) is 18.8 Å². The maximum absolute atomic E-state index is 13.9. The molecule has 0 bridgehead atoms. The molecule has 0 saturated heterocycles. The molecule has 158 valence electrons. The van der Waals surface area contributed by atoms with Crippen molar-refractivity contribution in [3.05, 3.63) is 50.4 Å². The number of aromatic amines is 1. The fourth-order valence-electron chi connectivity index (χ4n) is 2.88. The molecule has 0 aliphatic carbocycles. The molecule has 0 spiro atoms. The van der Waals surface area contributed by atoms with Gasteiger partial charge in [-0.1, -0.05) is 33.3 Å². The van der Waals surface area contributed by atoms with Crippen LogP contribution in [0.15, 0.2) is 27.8 Å². The molecule has 0 aliphatic rings. The summed E-state index contributed by atoms with van der Waals surface area (Å²) in [4.78, 5) is 28.8. The predicted molar refractivity (Wildman–Crippen MR) is 120 cm³/mol. The normalized spacial score (nSPS) is 11.0. The van der Waals surface area contributed by atoms with E-state index in [0.29, 0.717) is 24.3 Å². The highest BCUT2D eigenvalue weighted by Crippen LogP contribution is 2.21. The summed E-state index contributed by atoms with van der Waals surface area (Å²) in [5.74, 6) is -0.151. The molecular weight excluding hydrogens is 393 g/mol. The van der Waals surface area contributed by atoms with Crippen LogP contribution in [-0.2, 0) is 6.54 Å². The van der Waals surface area contributed by atoms with Crippen molar-refractivity contribution in [1.82, 2.24) is 9.55 Å². The average molecular weight is 422 g/mol. The number of nitrogens with zero attached hydrogens (tertiary/aromatic N) is 2. The van der Waals surface area contributed by atoms with E-state index in [0.717, 1.165) is 12.8 Å². The summed E-state index contributed by atoms with van der Waals surface area (Å²) in [6.45, 7) is 8.36. The summed E-state index contributed by atoms with van der Waals surface area (Å²) in [5.41, 5.74) is 6.17. The molecule has 0 saturated carbocycles. The van der Waals surface area contributed by atoms with Crippen LogP contribution in [0.4, 0.5) is 21.6 Å². The van der Waals surface area contributed by atoms with Crippen LogP contribution in [0.1, 0.15) is 39.2 Å². The third-order valence-electron chi connectivity index (χ3n) is 4.44. The van der Waals surface area contributed by atoms with Crippen molar-refractivity contribution in [1.29, 1.82) is 0 Å². The fourth-order valence-corrected chi connectivity index (χ4v) is 3.18. The third-order valence-corrected chi connectivity index (χ3v) is 4.76. The summed E-state index contributed by atoms with van der Waals surface area (Å²) >= 11 is 5.51. The van der Waals surface area contributed by atoms with Gasteiger partial charge in [-0.3, -0.25) is 14.3 Å². The van der Waals surface area contributed by atoms with Crippen molar-refractivity contribution in [3.8, 4) is 0 Å². The van der Waals surface area contributed by atoms with Crippen LogP contribution in [0.3, 0.4) is 0 Å². The maximum atomic E-state index is 13.9. The van der Waals surface area contributed by atoms with Crippen LogP contribution < -0.4 is 27.2 Å². The minimum Gasteiger partial charge on any atom is -0.383 e. The largest absolute Gasteiger partial charge is 0.383 e. The summed E-state index contributed by atoms with van der Waals surface area (Å²) in [5, 5.41) is 3.17. The Labute approximate surface area is 174 Å². The smallest absolute Gasteiger partial charge is 0.330 e. The van der Waals surface area contributed by atoms with Crippen LogP contribution >= 0.6 is 12.2 Å². The Bertz CT molecular complexity index is 999. The first kappa shape index (κ1) is 22.6. The molecule has 9 heteroatoms. The fraction of sp³-hybridized carbons (Fsp3) is 0.450. The van der Waals surface area contributed by atoms with E-state index < -0.39 is 11.2 Å². The average Bonchev–Trinajstić information content (AvgIpc) is 2.64. The van der Waals surface area contributed by atoms with Gasteiger partial charge in [-0.05, 0) is 49.2 Å². The molecule has 0 atom stereocenters. The lowest BCUT2D eigenvalue weighted by Gasteiger charge is -2.27. The van der Waals surface area contributed by atoms with Gasteiger partial charge in [0.25, 0.3) is 5.56 Å². The molecule has 0 amide bonds. The number of hydrogen-bond acceptors (Lipinski definition) is 4. The monoisotopic (exact) mass is 421 g/mol. The van der Waals surface area contributed by atoms with E-state index in [1.165, 1.54) is 10.6 Å². The number of nitrogen functional groups attached to an aromatic ring is 1. The molecule has 1 heterocycles. The van der Waals surface area contributed by atoms with E-state index in [-0.39, 0.29) is 28.4 Å². The van der Waals surface area contributed by atoms with Gasteiger partial charge in [-0.15, -0.1) is 0 Å². The van der Waals surface area contributed by atoms with Crippen LogP contribution in [0, 0.1) is 18.7 Å². The number of unbranched alkanes of at least 4 members (excludes halogenated alkanes) is 1. The predicted octanol–water partition coefficient (Wildman–Crippen LogP) is 3.23. The van der Waals surface area contributed by atoms with Gasteiger partial charge >= 0.3 is 5.69 Å². The van der Waals surface area contributed by atoms with E-state index >= 15 is 0 Å². The van der Waals surface area contributed by atoms with Gasteiger partial charge in [0.1, 0.15) is 11.6 Å². The molecule has 4 N–H and O–H groups in total. The lowest BCUT2D eigenvalue weighted by atomic mass is 10.2. The number of anilines is 3. The topological polar surface area (TPSA) is 96.2 Å². The van der Waals surface area contributed by atoms with Crippen molar-refractivity contribution in [3.63, 3.8) is 0 Å². The molecule has 0 radical (unpaired) electrons.